The van der Waals surface area contributed by atoms with Gasteiger partial charge in [-0.25, -0.2) is 23.6 Å². The predicted molar refractivity (Wildman–Crippen MR) is 168 cm³/mol. The number of thiazole rings is 1. The maximum atomic E-state index is 13.9. The fraction of sp³-hybridized carbons (Fsp3) is 0.242. The number of esters is 1. The zero-order valence-corrected chi connectivity index (χ0v) is 26.5. The SMILES string of the molecule is CCOC(=O)C1=C(C)N=c2sc(=Cc3ccc(OC)c(CSc4nc(C(F)F)cc(C)c4C#N)c3)c(=O)n2[C@@H]1c1ccccc1. The van der Waals surface area contributed by atoms with Crippen molar-refractivity contribution in [1.29, 1.82) is 5.26 Å². The van der Waals surface area contributed by atoms with E-state index in [4.69, 9.17) is 9.47 Å². The number of aromatic nitrogens is 2. The molecule has 2 aromatic carbocycles. The van der Waals surface area contributed by atoms with Crippen LogP contribution < -0.4 is 19.6 Å². The molecule has 1 aliphatic heterocycles. The standard InChI is InChI=1S/C33H28F2N4O4S2/c1-5-43-32(41)27-19(3)37-33-39(28(27)21-9-7-6-8-10-21)31(40)26(45-33)15-20-11-12-25(42-4)22(14-20)17-44-30-23(16-36)18(2)13-24(38-30)29(34)35/h6-15,28-29H,5,17H2,1-4H3/t28-/m1/s1. The van der Waals surface area contributed by atoms with Crippen molar-refractivity contribution in [3.63, 3.8) is 0 Å². The van der Waals surface area contributed by atoms with Gasteiger partial charge in [0.05, 0.1) is 41.1 Å². The highest BCUT2D eigenvalue weighted by molar-refractivity contribution is 7.98. The lowest BCUT2D eigenvalue weighted by molar-refractivity contribution is -0.139. The molecule has 0 unspecified atom stereocenters. The Hall–Kier alpha value is -4.60. The normalized spacial score (nSPS) is 14.6. The third kappa shape index (κ3) is 6.45. The molecule has 4 aromatic rings. The number of hydrogen-bond acceptors (Lipinski definition) is 9. The summed E-state index contributed by atoms with van der Waals surface area (Å²) in [6, 6.07) is 17.3. The molecule has 5 rings (SSSR count). The van der Waals surface area contributed by atoms with Gasteiger partial charge in [-0.3, -0.25) is 9.36 Å². The summed E-state index contributed by atoms with van der Waals surface area (Å²) in [6.45, 7) is 5.25. The van der Waals surface area contributed by atoms with Crippen molar-refractivity contribution in [2.45, 2.75) is 44.0 Å². The van der Waals surface area contributed by atoms with Crippen molar-refractivity contribution < 1.29 is 23.0 Å². The van der Waals surface area contributed by atoms with Crippen LogP contribution in [0.1, 0.15) is 59.8 Å². The molecule has 0 amide bonds. The van der Waals surface area contributed by atoms with Crippen LogP contribution in [-0.2, 0) is 15.3 Å². The van der Waals surface area contributed by atoms with Gasteiger partial charge in [0.25, 0.3) is 12.0 Å². The fourth-order valence-electron chi connectivity index (χ4n) is 5.06. The molecule has 2 aromatic heterocycles. The smallest absolute Gasteiger partial charge is 0.338 e. The van der Waals surface area contributed by atoms with Gasteiger partial charge in [-0.15, -0.1) is 11.8 Å². The Morgan fingerprint density at radius 2 is 1.96 bits per heavy atom. The maximum Gasteiger partial charge on any atom is 0.338 e. The molecule has 3 heterocycles. The molecule has 1 aliphatic rings. The van der Waals surface area contributed by atoms with Crippen molar-refractivity contribution in [3.8, 4) is 11.8 Å². The number of carbonyl (C=O) groups excluding carboxylic acids is 1. The van der Waals surface area contributed by atoms with Gasteiger partial charge in [0.2, 0.25) is 0 Å². The molecule has 8 nitrogen and oxygen atoms in total. The van der Waals surface area contributed by atoms with Gasteiger partial charge in [0.1, 0.15) is 22.5 Å². The van der Waals surface area contributed by atoms with E-state index in [0.29, 0.717) is 37.5 Å². The molecule has 0 N–H and O–H groups in total. The number of alkyl halides is 2. The number of nitrogens with zero attached hydrogens (tertiary/aromatic N) is 4. The molecule has 0 fully saturated rings. The van der Waals surface area contributed by atoms with Crippen LogP contribution in [0.15, 0.2) is 80.7 Å². The number of fused-ring (bicyclic) bond motifs is 1. The van der Waals surface area contributed by atoms with Gasteiger partial charge in [-0.1, -0.05) is 47.7 Å². The molecule has 0 spiro atoms. The molecule has 45 heavy (non-hydrogen) atoms. The number of ether oxygens (including phenoxy) is 2. The molecule has 0 radical (unpaired) electrons. The Kier molecular flexibility index (Phi) is 9.60. The van der Waals surface area contributed by atoms with E-state index < -0.39 is 18.4 Å². The number of nitriles is 1. The summed E-state index contributed by atoms with van der Waals surface area (Å²) in [5, 5.41) is 9.83. The van der Waals surface area contributed by atoms with Crippen LogP contribution >= 0.6 is 23.1 Å². The molecule has 0 saturated heterocycles. The van der Waals surface area contributed by atoms with Crippen LogP contribution in [0.3, 0.4) is 0 Å². The van der Waals surface area contributed by atoms with E-state index in [1.54, 1.807) is 39.0 Å². The van der Waals surface area contributed by atoms with Crippen molar-refractivity contribution >= 4 is 35.1 Å². The monoisotopic (exact) mass is 646 g/mol. The van der Waals surface area contributed by atoms with Crippen LogP contribution in [0.2, 0.25) is 0 Å². The zero-order chi connectivity index (χ0) is 32.2. The van der Waals surface area contributed by atoms with Crippen LogP contribution in [0, 0.1) is 18.3 Å². The van der Waals surface area contributed by atoms with Gasteiger partial charge in [-0.05, 0) is 61.7 Å². The molecule has 1 atom stereocenters. The van der Waals surface area contributed by atoms with Gasteiger partial charge in [0, 0.05) is 11.3 Å². The summed E-state index contributed by atoms with van der Waals surface area (Å²) in [7, 11) is 1.52. The van der Waals surface area contributed by atoms with E-state index in [0.717, 1.165) is 22.9 Å². The Morgan fingerprint density at radius 3 is 2.62 bits per heavy atom. The second-order valence-corrected chi connectivity index (χ2v) is 12.0. The van der Waals surface area contributed by atoms with Gasteiger partial charge in [-0.2, -0.15) is 5.26 Å². The second-order valence-electron chi connectivity index (χ2n) is 10.0. The van der Waals surface area contributed by atoms with Crippen molar-refractivity contribution in [1.82, 2.24) is 9.55 Å². The van der Waals surface area contributed by atoms with E-state index in [-0.39, 0.29) is 34.2 Å². The lowest BCUT2D eigenvalue weighted by Crippen LogP contribution is -2.39. The average Bonchev–Trinajstić information content (AvgIpc) is 3.33. The number of benzene rings is 2. The largest absolute Gasteiger partial charge is 0.496 e. The molecule has 230 valence electrons. The van der Waals surface area contributed by atoms with Crippen molar-refractivity contribution in [2.75, 3.05) is 13.7 Å². The lowest BCUT2D eigenvalue weighted by Gasteiger charge is -2.24. The van der Waals surface area contributed by atoms with Crippen LogP contribution in [0.5, 0.6) is 5.75 Å². The predicted octanol–water partition coefficient (Wildman–Crippen LogP) is 5.61. The van der Waals surface area contributed by atoms with Gasteiger partial charge in [0.15, 0.2) is 4.80 Å². The number of carbonyl (C=O) groups is 1. The average molecular weight is 647 g/mol. The number of allylic oxidation sites excluding steroid dienone is 1. The molecule has 0 bridgehead atoms. The minimum Gasteiger partial charge on any atom is -0.496 e. The summed E-state index contributed by atoms with van der Waals surface area (Å²) in [6.07, 6.45) is -1.02. The Morgan fingerprint density at radius 1 is 1.20 bits per heavy atom. The third-order valence-corrected chi connectivity index (χ3v) is 9.14. The Labute approximate surface area is 266 Å². The zero-order valence-electron chi connectivity index (χ0n) is 24.8. The quantitative estimate of drug-likeness (QED) is 0.172. The third-order valence-electron chi connectivity index (χ3n) is 7.14. The minimum absolute atomic E-state index is 0.185. The van der Waals surface area contributed by atoms with Crippen LogP contribution in [0.25, 0.3) is 6.08 Å². The summed E-state index contributed by atoms with van der Waals surface area (Å²) in [4.78, 5) is 36.1. The summed E-state index contributed by atoms with van der Waals surface area (Å²) >= 11 is 2.37. The number of methoxy groups -OCH3 is 1. The Balaban J connectivity index is 1.56. The Bertz CT molecular complexity index is 2030. The van der Waals surface area contributed by atoms with Crippen molar-refractivity contribution in [3.05, 3.63) is 119 Å². The number of halogens is 2. The van der Waals surface area contributed by atoms with Gasteiger partial charge >= 0.3 is 5.97 Å². The number of hydrogen-bond donors (Lipinski definition) is 0. The highest BCUT2D eigenvalue weighted by Gasteiger charge is 2.33. The number of rotatable bonds is 9. The van der Waals surface area contributed by atoms with Crippen molar-refractivity contribution in [2.24, 2.45) is 4.99 Å². The van der Waals surface area contributed by atoms with Crippen LogP contribution in [0.4, 0.5) is 8.78 Å². The highest BCUT2D eigenvalue weighted by Crippen LogP contribution is 2.33. The number of aryl methyl sites for hydroxylation is 1. The first kappa shape index (κ1) is 31.8. The topological polar surface area (TPSA) is 107 Å². The minimum atomic E-state index is -2.76. The second kappa shape index (κ2) is 13.6. The van der Waals surface area contributed by atoms with E-state index in [2.05, 4.69) is 16.0 Å². The first-order valence-electron chi connectivity index (χ1n) is 13.9. The summed E-state index contributed by atoms with van der Waals surface area (Å²) in [5.41, 5.74) is 2.93. The molecular formula is C33H28F2N4O4S2. The van der Waals surface area contributed by atoms with Crippen LogP contribution in [-0.4, -0.2) is 29.2 Å². The maximum absolute atomic E-state index is 13.9. The molecule has 0 aliphatic carbocycles. The van der Waals surface area contributed by atoms with E-state index in [1.165, 1.54) is 29.1 Å². The summed E-state index contributed by atoms with van der Waals surface area (Å²) in [5.74, 6) is 0.304. The molecular weight excluding hydrogens is 619 g/mol. The summed E-state index contributed by atoms with van der Waals surface area (Å²) < 4.78 is 39.7. The first-order chi connectivity index (χ1) is 21.7. The first-order valence-corrected chi connectivity index (χ1v) is 15.7. The van der Waals surface area contributed by atoms with E-state index in [1.807, 2.05) is 36.4 Å². The fourth-order valence-corrected chi connectivity index (χ4v) is 7.15. The molecule has 12 heteroatoms. The number of pyridine rings is 1. The lowest BCUT2D eigenvalue weighted by atomic mass is 9.96. The highest BCUT2D eigenvalue weighted by atomic mass is 32.2. The number of thioether (sulfide) groups is 1. The van der Waals surface area contributed by atoms with E-state index in [9.17, 15) is 23.6 Å². The molecule has 0 saturated carbocycles. The van der Waals surface area contributed by atoms with Gasteiger partial charge < -0.3 is 9.47 Å². The van der Waals surface area contributed by atoms with E-state index >= 15 is 0 Å².